The molecule has 17 heavy (non-hydrogen) atoms. The number of H-pyrrole nitrogens is 1. The minimum atomic E-state index is -0.475. The molecule has 1 aromatic rings. The molecule has 0 saturated carbocycles. The van der Waals surface area contributed by atoms with E-state index in [1.54, 1.807) is 6.20 Å². The van der Waals surface area contributed by atoms with Crippen molar-refractivity contribution in [2.75, 3.05) is 25.5 Å². The zero-order valence-electron chi connectivity index (χ0n) is 9.14. The number of imidazole rings is 1. The van der Waals surface area contributed by atoms with Gasteiger partial charge in [0.2, 0.25) is 11.9 Å². The molecule has 1 aliphatic heterocycles. The Morgan fingerprint density at radius 1 is 1.59 bits per heavy atom. The Bertz CT molecular complexity index is 455. The van der Waals surface area contributed by atoms with Crippen molar-refractivity contribution in [2.24, 2.45) is 0 Å². The number of hydrogen-bond donors (Lipinski definition) is 2. The molecular weight excluding hydrogens is 226 g/mol. The zero-order valence-corrected chi connectivity index (χ0v) is 9.14. The van der Waals surface area contributed by atoms with Crippen molar-refractivity contribution in [3.05, 3.63) is 12.4 Å². The maximum Gasteiger partial charge on any atom is 0.327 e. The van der Waals surface area contributed by atoms with Crippen molar-refractivity contribution in [3.8, 4) is 0 Å². The van der Waals surface area contributed by atoms with E-state index in [9.17, 15) is 14.4 Å². The number of carbonyl (C=O) groups excluding carboxylic acids is 3. The van der Waals surface area contributed by atoms with Gasteiger partial charge in [-0.15, -0.1) is 0 Å². The number of hydrogen-bond acceptors (Lipinski definition) is 4. The molecule has 1 aromatic heterocycles. The van der Waals surface area contributed by atoms with Gasteiger partial charge < -0.3 is 9.88 Å². The molecule has 2 heterocycles. The number of rotatable bonds is 3. The van der Waals surface area contributed by atoms with E-state index in [0.717, 1.165) is 4.90 Å². The Morgan fingerprint density at radius 2 is 2.35 bits per heavy atom. The molecule has 8 heteroatoms. The Labute approximate surface area is 96.6 Å². The van der Waals surface area contributed by atoms with E-state index in [-0.39, 0.29) is 24.9 Å². The van der Waals surface area contributed by atoms with Crippen LogP contribution < -0.4 is 5.32 Å². The lowest BCUT2D eigenvalue weighted by Gasteiger charge is -2.12. The van der Waals surface area contributed by atoms with Gasteiger partial charge in [-0.05, 0) is 0 Å². The molecule has 90 valence electrons. The highest BCUT2D eigenvalue weighted by molar-refractivity contribution is 6.05. The second kappa shape index (κ2) is 4.24. The number of nitrogens with zero attached hydrogens (tertiary/aromatic N) is 3. The Hall–Kier alpha value is -2.38. The van der Waals surface area contributed by atoms with Crippen LogP contribution in [0.4, 0.5) is 10.7 Å². The molecule has 0 unspecified atom stereocenters. The predicted molar refractivity (Wildman–Crippen MR) is 57.0 cm³/mol. The first-order valence-corrected chi connectivity index (χ1v) is 4.92. The van der Waals surface area contributed by atoms with Crippen LogP contribution in [0.15, 0.2) is 12.4 Å². The van der Waals surface area contributed by atoms with Crippen molar-refractivity contribution in [3.63, 3.8) is 0 Å². The highest BCUT2D eigenvalue weighted by atomic mass is 16.2. The number of carbonyl (C=O) groups is 3. The summed E-state index contributed by atoms with van der Waals surface area (Å²) in [6.45, 7) is -0.296. The molecule has 0 radical (unpaired) electrons. The number of likely N-dealkylation sites (N-methyl/N-ethyl adjacent to an activating group) is 1. The fourth-order valence-corrected chi connectivity index (χ4v) is 1.47. The molecule has 2 rings (SSSR count). The number of imide groups is 1. The summed E-state index contributed by atoms with van der Waals surface area (Å²) in [5.74, 6) is -0.577. The molecule has 1 fully saturated rings. The third kappa shape index (κ3) is 2.25. The molecule has 1 saturated heterocycles. The van der Waals surface area contributed by atoms with Crippen LogP contribution in [0, 0.1) is 0 Å². The van der Waals surface area contributed by atoms with Gasteiger partial charge in [-0.1, -0.05) is 0 Å². The van der Waals surface area contributed by atoms with Crippen molar-refractivity contribution in [2.45, 2.75) is 0 Å². The Kier molecular flexibility index (Phi) is 2.77. The average molecular weight is 237 g/mol. The lowest BCUT2D eigenvalue weighted by molar-refractivity contribution is -0.129. The maximum atomic E-state index is 11.5. The van der Waals surface area contributed by atoms with Gasteiger partial charge in [-0.2, -0.15) is 0 Å². The molecule has 0 aliphatic carbocycles. The second-order valence-corrected chi connectivity index (χ2v) is 3.60. The van der Waals surface area contributed by atoms with Crippen LogP contribution in [-0.2, 0) is 9.59 Å². The van der Waals surface area contributed by atoms with E-state index in [1.165, 1.54) is 18.1 Å². The normalized spacial score (nSPS) is 15.6. The first kappa shape index (κ1) is 11.1. The Morgan fingerprint density at radius 3 is 2.88 bits per heavy atom. The fraction of sp³-hybridized carbons (Fsp3) is 0.333. The molecule has 1 aliphatic rings. The number of aromatic nitrogens is 2. The predicted octanol–water partition coefficient (Wildman–Crippen LogP) is -0.758. The summed E-state index contributed by atoms with van der Waals surface area (Å²) in [4.78, 5) is 43.0. The number of aromatic amines is 1. The first-order valence-electron chi connectivity index (χ1n) is 4.92. The zero-order chi connectivity index (χ0) is 12.4. The third-order valence-corrected chi connectivity index (χ3v) is 2.29. The SMILES string of the molecule is CN1CC(=O)N(CC(=O)Nc2ncc[nH]2)C1=O. The molecule has 4 amide bonds. The summed E-state index contributed by atoms with van der Waals surface area (Å²) < 4.78 is 0. The van der Waals surface area contributed by atoms with Crippen molar-refractivity contribution in [1.29, 1.82) is 0 Å². The summed E-state index contributed by atoms with van der Waals surface area (Å²) in [5, 5.41) is 2.43. The van der Waals surface area contributed by atoms with Gasteiger partial charge in [-0.25, -0.2) is 9.78 Å². The molecule has 0 spiro atoms. The van der Waals surface area contributed by atoms with Crippen LogP contribution in [0.1, 0.15) is 0 Å². The van der Waals surface area contributed by atoms with Gasteiger partial charge >= 0.3 is 6.03 Å². The summed E-state index contributed by atoms with van der Waals surface area (Å²) in [6.07, 6.45) is 3.03. The van der Waals surface area contributed by atoms with Gasteiger partial charge in [0.15, 0.2) is 0 Å². The molecule has 0 atom stereocenters. The fourth-order valence-electron chi connectivity index (χ4n) is 1.47. The summed E-state index contributed by atoms with van der Waals surface area (Å²) in [5.41, 5.74) is 0. The second-order valence-electron chi connectivity index (χ2n) is 3.60. The van der Waals surface area contributed by atoms with Crippen molar-refractivity contribution >= 4 is 23.8 Å². The van der Waals surface area contributed by atoms with Crippen LogP contribution >= 0.6 is 0 Å². The number of anilines is 1. The highest BCUT2D eigenvalue weighted by Crippen LogP contribution is 2.07. The van der Waals surface area contributed by atoms with Crippen LogP contribution in [-0.4, -0.2) is 57.8 Å². The lowest BCUT2D eigenvalue weighted by atomic mass is 10.5. The topological polar surface area (TPSA) is 98.4 Å². The third-order valence-electron chi connectivity index (χ3n) is 2.29. The highest BCUT2D eigenvalue weighted by Gasteiger charge is 2.34. The monoisotopic (exact) mass is 237 g/mol. The lowest BCUT2D eigenvalue weighted by Crippen LogP contribution is -2.38. The minimum absolute atomic E-state index is 0.00681. The van der Waals surface area contributed by atoms with E-state index in [2.05, 4.69) is 15.3 Å². The quantitative estimate of drug-likeness (QED) is 0.675. The summed E-state index contributed by atoms with van der Waals surface area (Å²) in [6, 6.07) is -0.468. The van der Waals surface area contributed by atoms with Crippen LogP contribution in [0.2, 0.25) is 0 Å². The molecule has 8 nitrogen and oxygen atoms in total. The van der Waals surface area contributed by atoms with Gasteiger partial charge in [0.1, 0.15) is 13.1 Å². The molecular formula is C9H11N5O3. The minimum Gasteiger partial charge on any atom is -0.331 e. The smallest absolute Gasteiger partial charge is 0.327 e. The van der Waals surface area contributed by atoms with Gasteiger partial charge in [0.05, 0.1) is 0 Å². The van der Waals surface area contributed by atoms with E-state index in [0.29, 0.717) is 0 Å². The van der Waals surface area contributed by atoms with Gasteiger partial charge in [0.25, 0.3) is 5.91 Å². The molecule has 0 aromatic carbocycles. The maximum absolute atomic E-state index is 11.5. The van der Waals surface area contributed by atoms with Crippen molar-refractivity contribution in [1.82, 2.24) is 19.8 Å². The summed E-state index contributed by atoms with van der Waals surface area (Å²) >= 11 is 0. The summed E-state index contributed by atoms with van der Waals surface area (Å²) in [7, 11) is 1.50. The van der Waals surface area contributed by atoms with Crippen LogP contribution in [0.3, 0.4) is 0 Å². The van der Waals surface area contributed by atoms with E-state index < -0.39 is 11.9 Å². The van der Waals surface area contributed by atoms with Crippen molar-refractivity contribution < 1.29 is 14.4 Å². The van der Waals surface area contributed by atoms with Crippen LogP contribution in [0.5, 0.6) is 0 Å². The Balaban J connectivity index is 1.95. The first-order chi connectivity index (χ1) is 8.08. The van der Waals surface area contributed by atoms with E-state index in [4.69, 9.17) is 0 Å². The number of nitrogens with one attached hydrogen (secondary N) is 2. The number of amides is 4. The largest absolute Gasteiger partial charge is 0.331 e. The van der Waals surface area contributed by atoms with E-state index >= 15 is 0 Å². The molecule has 2 N–H and O–H groups in total. The number of urea groups is 1. The van der Waals surface area contributed by atoms with E-state index in [1.807, 2.05) is 0 Å². The average Bonchev–Trinajstić information content (AvgIpc) is 2.83. The standard InChI is InChI=1S/C9H11N5O3/c1-13-5-7(16)14(9(13)17)4-6(15)12-8-10-2-3-11-8/h2-3H,4-5H2,1H3,(H2,10,11,12,15). The van der Waals surface area contributed by atoms with Gasteiger partial charge in [0, 0.05) is 19.4 Å². The van der Waals surface area contributed by atoms with Crippen LogP contribution in [0.25, 0.3) is 0 Å². The molecule has 0 bridgehead atoms. The van der Waals surface area contributed by atoms with Gasteiger partial charge in [-0.3, -0.25) is 19.8 Å².